The summed E-state index contributed by atoms with van der Waals surface area (Å²) >= 11 is 0. The average molecular weight is 264 g/mol. The number of aryl methyl sites for hydroxylation is 1. The highest BCUT2D eigenvalue weighted by atomic mass is 16.6. The monoisotopic (exact) mass is 264 g/mol. The quantitative estimate of drug-likeness (QED) is 0.608. The number of hydrogen-bond acceptors (Lipinski definition) is 4. The van der Waals surface area contributed by atoms with E-state index in [0.29, 0.717) is 11.6 Å². The lowest BCUT2D eigenvalue weighted by molar-refractivity contribution is -0.384. The Morgan fingerprint density at radius 2 is 2.21 bits per heavy atom. The summed E-state index contributed by atoms with van der Waals surface area (Å²) in [6, 6.07) is 4.59. The van der Waals surface area contributed by atoms with Crippen LogP contribution in [0.15, 0.2) is 18.2 Å². The molecule has 1 aliphatic carbocycles. The predicted octanol–water partition coefficient (Wildman–Crippen LogP) is 2.57. The number of rotatable bonds is 6. The van der Waals surface area contributed by atoms with Gasteiger partial charge in [-0.1, -0.05) is 0 Å². The normalized spacial score (nSPS) is 15.8. The molecular formula is C13H16N2O4. The highest BCUT2D eigenvalue weighted by molar-refractivity contribution is 5.68. The Bertz CT molecular complexity index is 511. The van der Waals surface area contributed by atoms with Gasteiger partial charge in [-0.15, -0.1) is 0 Å². The van der Waals surface area contributed by atoms with Gasteiger partial charge in [-0.25, -0.2) is 0 Å². The number of anilines is 1. The van der Waals surface area contributed by atoms with E-state index >= 15 is 0 Å². The van der Waals surface area contributed by atoms with Crippen molar-refractivity contribution in [3.8, 4) is 0 Å². The lowest BCUT2D eigenvalue weighted by atomic mass is 10.1. The first-order valence-corrected chi connectivity index (χ1v) is 6.20. The second-order valence-corrected chi connectivity index (χ2v) is 5.00. The van der Waals surface area contributed by atoms with Gasteiger partial charge in [0.1, 0.15) is 0 Å². The van der Waals surface area contributed by atoms with Crippen LogP contribution in [0.1, 0.15) is 24.8 Å². The first-order valence-electron chi connectivity index (χ1n) is 6.20. The topological polar surface area (TPSA) is 92.5 Å². The molecule has 19 heavy (non-hydrogen) atoms. The Hall–Kier alpha value is -2.11. The minimum atomic E-state index is -0.855. The van der Waals surface area contributed by atoms with Crippen LogP contribution in [0.4, 0.5) is 11.4 Å². The number of carbonyl (C=O) groups is 1. The molecule has 6 heteroatoms. The van der Waals surface area contributed by atoms with Crippen LogP contribution in [0.2, 0.25) is 0 Å². The van der Waals surface area contributed by atoms with Crippen molar-refractivity contribution < 1.29 is 14.8 Å². The third-order valence-electron chi connectivity index (χ3n) is 3.21. The number of aliphatic carboxylic acids is 1. The van der Waals surface area contributed by atoms with Crippen LogP contribution in [0.5, 0.6) is 0 Å². The lowest BCUT2D eigenvalue weighted by Crippen LogP contribution is -2.25. The Balaban J connectivity index is 2.16. The van der Waals surface area contributed by atoms with Gasteiger partial charge >= 0.3 is 5.97 Å². The molecule has 2 N–H and O–H groups in total. The van der Waals surface area contributed by atoms with Crippen LogP contribution in [-0.4, -0.2) is 22.0 Å². The number of carboxylic acids is 1. The van der Waals surface area contributed by atoms with Gasteiger partial charge in [-0.2, -0.15) is 0 Å². The number of carboxylic acid groups (broad SMARTS) is 1. The largest absolute Gasteiger partial charge is 0.481 e. The SMILES string of the molecule is Cc1cc(NC(CC(=O)O)C2CC2)cc([N+](=O)[O-])c1. The van der Waals surface area contributed by atoms with Crippen molar-refractivity contribution in [1.29, 1.82) is 0 Å². The van der Waals surface area contributed by atoms with Gasteiger partial charge in [0, 0.05) is 23.9 Å². The molecular weight excluding hydrogens is 248 g/mol. The molecule has 0 bridgehead atoms. The molecule has 2 rings (SSSR count). The van der Waals surface area contributed by atoms with Crippen molar-refractivity contribution in [2.75, 3.05) is 5.32 Å². The second-order valence-electron chi connectivity index (χ2n) is 5.00. The number of benzene rings is 1. The number of hydrogen-bond donors (Lipinski definition) is 2. The smallest absolute Gasteiger partial charge is 0.305 e. The predicted molar refractivity (Wildman–Crippen MR) is 70.2 cm³/mol. The van der Waals surface area contributed by atoms with Gasteiger partial charge in [0.25, 0.3) is 5.69 Å². The molecule has 0 spiro atoms. The van der Waals surface area contributed by atoms with E-state index in [-0.39, 0.29) is 18.2 Å². The van der Waals surface area contributed by atoms with E-state index in [9.17, 15) is 14.9 Å². The van der Waals surface area contributed by atoms with E-state index in [1.807, 2.05) is 0 Å². The summed E-state index contributed by atoms with van der Waals surface area (Å²) < 4.78 is 0. The van der Waals surface area contributed by atoms with E-state index in [1.54, 1.807) is 13.0 Å². The zero-order chi connectivity index (χ0) is 14.0. The molecule has 0 radical (unpaired) electrons. The molecule has 1 aromatic carbocycles. The number of nitro groups is 1. The van der Waals surface area contributed by atoms with Crippen molar-refractivity contribution in [3.05, 3.63) is 33.9 Å². The standard InChI is InChI=1S/C13H16N2O4/c1-8-4-10(6-11(5-8)15(18)19)14-12(7-13(16)17)9-2-3-9/h4-6,9,12,14H,2-3,7H2,1H3,(H,16,17). The number of nitro benzene ring substituents is 1. The fourth-order valence-corrected chi connectivity index (χ4v) is 2.19. The van der Waals surface area contributed by atoms with Crippen molar-refractivity contribution in [2.45, 2.75) is 32.2 Å². The molecule has 6 nitrogen and oxygen atoms in total. The highest BCUT2D eigenvalue weighted by Gasteiger charge is 2.32. The molecule has 0 aliphatic heterocycles. The Morgan fingerprint density at radius 1 is 1.53 bits per heavy atom. The Kier molecular flexibility index (Phi) is 3.69. The van der Waals surface area contributed by atoms with Crippen LogP contribution in [0, 0.1) is 23.0 Å². The van der Waals surface area contributed by atoms with Gasteiger partial charge < -0.3 is 10.4 Å². The lowest BCUT2D eigenvalue weighted by Gasteiger charge is -2.17. The third kappa shape index (κ3) is 3.67. The van der Waals surface area contributed by atoms with Crippen molar-refractivity contribution in [2.24, 2.45) is 5.92 Å². The Morgan fingerprint density at radius 3 is 2.74 bits per heavy atom. The van der Waals surface area contributed by atoms with Crippen molar-refractivity contribution >= 4 is 17.3 Å². The van der Waals surface area contributed by atoms with E-state index in [0.717, 1.165) is 18.4 Å². The Labute approximate surface area is 110 Å². The first-order chi connectivity index (χ1) is 8.95. The van der Waals surface area contributed by atoms with E-state index in [1.165, 1.54) is 12.1 Å². The fourth-order valence-electron chi connectivity index (χ4n) is 2.19. The molecule has 0 amide bonds. The third-order valence-corrected chi connectivity index (χ3v) is 3.21. The summed E-state index contributed by atoms with van der Waals surface area (Å²) in [6.07, 6.45) is 2.06. The van der Waals surface area contributed by atoms with E-state index in [2.05, 4.69) is 5.32 Å². The van der Waals surface area contributed by atoms with Gasteiger partial charge in [0.15, 0.2) is 0 Å². The minimum Gasteiger partial charge on any atom is -0.481 e. The van der Waals surface area contributed by atoms with Crippen molar-refractivity contribution in [1.82, 2.24) is 0 Å². The molecule has 1 unspecified atom stereocenters. The summed E-state index contributed by atoms with van der Waals surface area (Å²) in [5.74, 6) is -0.498. The number of nitrogens with zero attached hydrogens (tertiary/aromatic N) is 1. The van der Waals surface area contributed by atoms with Gasteiger partial charge in [0.2, 0.25) is 0 Å². The summed E-state index contributed by atoms with van der Waals surface area (Å²) in [6.45, 7) is 1.78. The molecule has 102 valence electrons. The minimum absolute atomic E-state index is 0.0207. The molecule has 1 atom stereocenters. The van der Waals surface area contributed by atoms with Gasteiger partial charge in [-0.05, 0) is 37.3 Å². The average Bonchev–Trinajstić information content (AvgIpc) is 3.10. The highest BCUT2D eigenvalue weighted by Crippen LogP contribution is 2.36. The summed E-state index contributed by atoms with van der Waals surface area (Å²) in [5.41, 5.74) is 1.42. The number of non-ortho nitro benzene ring substituents is 1. The molecule has 1 aromatic rings. The summed E-state index contributed by atoms with van der Waals surface area (Å²) in [5, 5.41) is 22.8. The van der Waals surface area contributed by atoms with Crippen molar-refractivity contribution in [3.63, 3.8) is 0 Å². The summed E-state index contributed by atoms with van der Waals surface area (Å²) in [4.78, 5) is 21.2. The molecule has 1 saturated carbocycles. The van der Waals surface area contributed by atoms with E-state index in [4.69, 9.17) is 5.11 Å². The molecule has 0 heterocycles. The van der Waals surface area contributed by atoms with Crippen LogP contribution in [0.25, 0.3) is 0 Å². The van der Waals surface area contributed by atoms with Gasteiger partial charge in [0.05, 0.1) is 11.3 Å². The maximum atomic E-state index is 10.8. The molecule has 0 aromatic heterocycles. The van der Waals surface area contributed by atoms with Crippen LogP contribution < -0.4 is 5.32 Å². The van der Waals surface area contributed by atoms with Crippen LogP contribution in [0.3, 0.4) is 0 Å². The number of nitrogens with one attached hydrogen (secondary N) is 1. The summed E-state index contributed by atoms with van der Waals surface area (Å²) in [7, 11) is 0. The fraction of sp³-hybridized carbons (Fsp3) is 0.462. The zero-order valence-corrected chi connectivity index (χ0v) is 10.6. The van der Waals surface area contributed by atoms with Crippen LogP contribution in [-0.2, 0) is 4.79 Å². The van der Waals surface area contributed by atoms with Gasteiger partial charge in [-0.3, -0.25) is 14.9 Å². The second kappa shape index (κ2) is 5.26. The molecule has 1 fully saturated rings. The van der Waals surface area contributed by atoms with E-state index < -0.39 is 10.9 Å². The maximum absolute atomic E-state index is 10.8. The molecule has 0 saturated heterocycles. The zero-order valence-electron chi connectivity index (χ0n) is 10.6. The first kappa shape index (κ1) is 13.3. The maximum Gasteiger partial charge on any atom is 0.305 e. The van der Waals surface area contributed by atoms with Crippen LogP contribution >= 0.6 is 0 Å². The molecule has 1 aliphatic rings.